The number of ether oxygens (including phenoxy) is 3. The van der Waals surface area contributed by atoms with Crippen LogP contribution in [0.5, 0.6) is 11.5 Å². The molecule has 168 valence electrons. The molecule has 0 N–H and O–H groups in total. The number of hydrogen-bond donors (Lipinski definition) is 0. The molecule has 0 saturated heterocycles. The van der Waals surface area contributed by atoms with Crippen LogP contribution in [0.25, 0.3) is 21.9 Å². The molecule has 1 aromatic heterocycles. The molecule has 0 aliphatic heterocycles. The van der Waals surface area contributed by atoms with Crippen molar-refractivity contribution in [3.05, 3.63) is 60.7 Å². The van der Waals surface area contributed by atoms with Gasteiger partial charge in [-0.05, 0) is 43.0 Å². The number of aryl methyl sites for hydroxylation is 2. The molecule has 0 unspecified atom stereocenters. The maximum Gasteiger partial charge on any atom is 0.573 e. The van der Waals surface area contributed by atoms with Gasteiger partial charge in [0.15, 0.2) is 11.3 Å². The van der Waals surface area contributed by atoms with Gasteiger partial charge in [-0.1, -0.05) is 25.3 Å². The van der Waals surface area contributed by atoms with E-state index in [0.717, 1.165) is 23.3 Å². The molecule has 0 aliphatic rings. The smallest absolute Gasteiger partial charge is 0.463 e. The second kappa shape index (κ2) is 9.17. The molecular formula is C23H19F3O6. The number of hydrogen-bond acceptors (Lipinski definition) is 6. The average molecular weight is 448 g/mol. The fourth-order valence-corrected chi connectivity index (χ4v) is 3.24. The molecule has 6 nitrogen and oxygen atoms in total. The van der Waals surface area contributed by atoms with Crippen molar-refractivity contribution in [2.24, 2.45) is 0 Å². The molecule has 9 heteroatoms. The monoisotopic (exact) mass is 448 g/mol. The van der Waals surface area contributed by atoms with Crippen molar-refractivity contribution in [1.82, 2.24) is 0 Å². The zero-order valence-electron chi connectivity index (χ0n) is 17.1. The second-order valence-electron chi connectivity index (χ2n) is 6.75. The predicted octanol–water partition coefficient (Wildman–Crippen LogP) is 5.55. The van der Waals surface area contributed by atoms with Crippen LogP contribution in [0.4, 0.5) is 13.2 Å². The molecule has 3 aromatic rings. The van der Waals surface area contributed by atoms with E-state index < -0.39 is 29.8 Å². The third-order valence-electron chi connectivity index (χ3n) is 4.68. The standard InChI is InChI=1S/C23H19F3O6/c1-4-18(27)29-12-6-7-14-8-9-15-16-10-11-17(30-19(28)5-2)22(32-23(24,25)26)21(16)31-20(15)13(14)3/h4-5,8-11H,1-2,6-7,12H2,3H3. The Labute approximate surface area is 180 Å². The molecule has 0 amide bonds. The minimum absolute atomic E-state index is 0.198. The van der Waals surface area contributed by atoms with E-state index in [2.05, 4.69) is 17.9 Å². The number of carbonyl (C=O) groups is 2. The van der Waals surface area contributed by atoms with E-state index in [1.807, 2.05) is 6.07 Å². The summed E-state index contributed by atoms with van der Waals surface area (Å²) in [6, 6.07) is 6.25. The molecule has 0 fully saturated rings. The van der Waals surface area contributed by atoms with Gasteiger partial charge in [-0.3, -0.25) is 0 Å². The van der Waals surface area contributed by atoms with Gasteiger partial charge in [-0.15, -0.1) is 13.2 Å². The third-order valence-corrected chi connectivity index (χ3v) is 4.68. The highest BCUT2D eigenvalue weighted by atomic mass is 19.4. The minimum atomic E-state index is -5.04. The zero-order chi connectivity index (χ0) is 23.5. The van der Waals surface area contributed by atoms with Gasteiger partial charge in [0, 0.05) is 22.9 Å². The molecule has 1 heterocycles. The Hall–Kier alpha value is -3.75. The lowest BCUT2D eigenvalue weighted by molar-refractivity contribution is -0.274. The fraction of sp³-hybridized carbons (Fsp3) is 0.217. The molecule has 2 aromatic carbocycles. The SMILES string of the molecule is C=CC(=O)OCCCc1ccc2c(oc3c(OC(F)(F)F)c(OC(=O)C=C)ccc32)c1C. The van der Waals surface area contributed by atoms with E-state index in [1.54, 1.807) is 13.0 Å². The van der Waals surface area contributed by atoms with Crippen molar-refractivity contribution in [3.8, 4) is 11.5 Å². The van der Waals surface area contributed by atoms with Crippen molar-refractivity contribution in [2.75, 3.05) is 6.61 Å². The quantitative estimate of drug-likeness (QED) is 0.195. The van der Waals surface area contributed by atoms with Crippen molar-refractivity contribution in [3.63, 3.8) is 0 Å². The first-order valence-electron chi connectivity index (χ1n) is 9.51. The van der Waals surface area contributed by atoms with Gasteiger partial charge in [0.05, 0.1) is 6.61 Å². The highest BCUT2D eigenvalue weighted by Gasteiger charge is 2.35. The minimum Gasteiger partial charge on any atom is -0.463 e. The van der Waals surface area contributed by atoms with Crippen LogP contribution in [0, 0.1) is 6.92 Å². The van der Waals surface area contributed by atoms with Gasteiger partial charge in [-0.2, -0.15) is 0 Å². The Balaban J connectivity index is 2.03. The van der Waals surface area contributed by atoms with E-state index in [0.29, 0.717) is 29.2 Å². The van der Waals surface area contributed by atoms with Gasteiger partial charge >= 0.3 is 18.3 Å². The number of halogens is 3. The number of fused-ring (bicyclic) bond motifs is 3. The summed E-state index contributed by atoms with van der Waals surface area (Å²) in [4.78, 5) is 22.7. The van der Waals surface area contributed by atoms with Crippen molar-refractivity contribution in [1.29, 1.82) is 0 Å². The molecule has 3 rings (SSSR count). The summed E-state index contributed by atoms with van der Waals surface area (Å²) >= 11 is 0. The lowest BCUT2D eigenvalue weighted by Gasteiger charge is -2.12. The van der Waals surface area contributed by atoms with E-state index in [1.165, 1.54) is 12.1 Å². The summed E-state index contributed by atoms with van der Waals surface area (Å²) in [7, 11) is 0. The van der Waals surface area contributed by atoms with Crippen LogP contribution in [0.3, 0.4) is 0 Å². The first-order chi connectivity index (χ1) is 15.1. The number of rotatable bonds is 8. The maximum absolute atomic E-state index is 13.1. The van der Waals surface area contributed by atoms with Crippen LogP contribution >= 0.6 is 0 Å². The third kappa shape index (κ3) is 4.93. The normalized spacial score (nSPS) is 11.4. The van der Waals surface area contributed by atoms with Gasteiger partial charge in [0.25, 0.3) is 0 Å². The van der Waals surface area contributed by atoms with E-state index >= 15 is 0 Å². The maximum atomic E-state index is 13.1. The topological polar surface area (TPSA) is 75.0 Å². The predicted molar refractivity (Wildman–Crippen MR) is 110 cm³/mol. The molecule has 0 radical (unpaired) electrons. The highest BCUT2D eigenvalue weighted by Crippen LogP contribution is 2.44. The molecule has 0 spiro atoms. The van der Waals surface area contributed by atoms with Crippen LogP contribution in [0.2, 0.25) is 0 Å². The average Bonchev–Trinajstić information content (AvgIpc) is 3.13. The fourth-order valence-electron chi connectivity index (χ4n) is 3.24. The van der Waals surface area contributed by atoms with Gasteiger partial charge in [0.1, 0.15) is 5.58 Å². The first kappa shape index (κ1) is 22.9. The number of furan rings is 1. The van der Waals surface area contributed by atoms with E-state index in [-0.39, 0.29) is 12.2 Å². The Bertz CT molecular complexity index is 1210. The van der Waals surface area contributed by atoms with Crippen LogP contribution in [0.15, 0.2) is 54.0 Å². The largest absolute Gasteiger partial charge is 0.573 e. The molecule has 0 aliphatic carbocycles. The summed E-state index contributed by atoms with van der Waals surface area (Å²) in [5.74, 6) is -2.65. The molecule has 0 atom stereocenters. The van der Waals surface area contributed by atoms with Gasteiger partial charge < -0.3 is 18.6 Å². The lowest BCUT2D eigenvalue weighted by atomic mass is 10.0. The highest BCUT2D eigenvalue weighted by molar-refractivity contribution is 6.09. The first-order valence-corrected chi connectivity index (χ1v) is 9.51. The van der Waals surface area contributed by atoms with Gasteiger partial charge in [-0.25, -0.2) is 9.59 Å². The van der Waals surface area contributed by atoms with Crippen molar-refractivity contribution in [2.45, 2.75) is 26.1 Å². The molecule has 32 heavy (non-hydrogen) atoms. The van der Waals surface area contributed by atoms with Crippen LogP contribution in [-0.4, -0.2) is 24.9 Å². The Morgan fingerprint density at radius 3 is 2.34 bits per heavy atom. The summed E-state index contributed by atoms with van der Waals surface area (Å²) in [5, 5.41) is 0.945. The van der Waals surface area contributed by atoms with Gasteiger partial charge in [0.2, 0.25) is 5.75 Å². The molecule has 0 bridgehead atoms. The number of benzene rings is 2. The van der Waals surface area contributed by atoms with Crippen LogP contribution < -0.4 is 9.47 Å². The Kier molecular flexibility index (Phi) is 6.57. The van der Waals surface area contributed by atoms with Crippen LogP contribution in [-0.2, 0) is 20.7 Å². The number of alkyl halides is 3. The Morgan fingerprint density at radius 1 is 1.03 bits per heavy atom. The second-order valence-corrected chi connectivity index (χ2v) is 6.75. The molecule has 0 saturated carbocycles. The summed E-state index contributed by atoms with van der Waals surface area (Å²) < 4.78 is 58.9. The van der Waals surface area contributed by atoms with Crippen molar-refractivity contribution >= 4 is 33.9 Å². The van der Waals surface area contributed by atoms with E-state index in [9.17, 15) is 22.8 Å². The Morgan fingerprint density at radius 2 is 1.69 bits per heavy atom. The summed E-state index contributed by atoms with van der Waals surface area (Å²) in [6.45, 7) is 8.53. The molecular weight excluding hydrogens is 429 g/mol. The van der Waals surface area contributed by atoms with Crippen molar-refractivity contribution < 1.29 is 41.4 Å². The summed E-state index contributed by atoms with van der Waals surface area (Å²) in [6.07, 6.45) is -2.05. The number of esters is 2. The van der Waals surface area contributed by atoms with Crippen LogP contribution in [0.1, 0.15) is 17.5 Å². The zero-order valence-corrected chi connectivity index (χ0v) is 17.1. The number of carbonyl (C=O) groups excluding carboxylic acids is 2. The summed E-state index contributed by atoms with van der Waals surface area (Å²) in [5.41, 5.74) is 1.77. The lowest BCUT2D eigenvalue weighted by Crippen LogP contribution is -2.18. The van der Waals surface area contributed by atoms with E-state index in [4.69, 9.17) is 13.9 Å².